The molecule has 84 valence electrons. The molecule has 0 amide bonds. The van der Waals surface area contributed by atoms with Gasteiger partial charge in [0, 0.05) is 12.8 Å². The van der Waals surface area contributed by atoms with Gasteiger partial charge in [0.25, 0.3) is 0 Å². The first-order valence-corrected chi connectivity index (χ1v) is 6.37. The van der Waals surface area contributed by atoms with Crippen molar-refractivity contribution < 1.29 is 0 Å². The number of hydrogen-bond donors (Lipinski definition) is 0. The van der Waals surface area contributed by atoms with E-state index in [2.05, 4.69) is 37.5 Å². The summed E-state index contributed by atoms with van der Waals surface area (Å²) in [6, 6.07) is 0. The van der Waals surface area contributed by atoms with E-state index in [-0.39, 0.29) is 0 Å². The van der Waals surface area contributed by atoms with E-state index >= 15 is 0 Å². The van der Waals surface area contributed by atoms with Gasteiger partial charge in [0.15, 0.2) is 0 Å². The van der Waals surface area contributed by atoms with Crippen LogP contribution in [0.4, 0.5) is 0 Å². The first-order valence-electron chi connectivity index (χ1n) is 6.37. The molecule has 0 unspecified atom stereocenters. The summed E-state index contributed by atoms with van der Waals surface area (Å²) in [6.45, 7) is 4.44. The van der Waals surface area contributed by atoms with Crippen molar-refractivity contribution in [2.75, 3.05) is 0 Å². The molecule has 0 heterocycles. The van der Waals surface area contributed by atoms with Crippen LogP contribution in [0.3, 0.4) is 0 Å². The van der Waals surface area contributed by atoms with Crippen molar-refractivity contribution in [3.63, 3.8) is 0 Å². The molecule has 0 fully saturated rings. The molecule has 0 spiro atoms. The van der Waals surface area contributed by atoms with Crippen LogP contribution in [0.2, 0.25) is 0 Å². The third kappa shape index (κ3) is 13.1. The first kappa shape index (κ1) is 14.1. The van der Waals surface area contributed by atoms with Crippen molar-refractivity contribution in [1.82, 2.24) is 0 Å². The summed E-state index contributed by atoms with van der Waals surface area (Å²) in [6.07, 6.45) is 11.0. The summed E-state index contributed by atoms with van der Waals surface area (Å²) >= 11 is 0. The molecule has 0 aromatic heterocycles. The van der Waals surface area contributed by atoms with E-state index in [9.17, 15) is 0 Å². The molecule has 0 N–H and O–H groups in total. The van der Waals surface area contributed by atoms with Gasteiger partial charge in [-0.2, -0.15) is 0 Å². The maximum atomic E-state index is 3.11. The summed E-state index contributed by atoms with van der Waals surface area (Å²) in [5.41, 5.74) is 0. The summed E-state index contributed by atoms with van der Waals surface area (Å²) in [5, 5.41) is 0. The highest BCUT2D eigenvalue weighted by Gasteiger charge is 1.83. The smallest absolute Gasteiger partial charge is 0.00989 e. The van der Waals surface area contributed by atoms with Crippen LogP contribution in [-0.4, -0.2) is 0 Å². The van der Waals surface area contributed by atoms with Crippen molar-refractivity contribution in [3.05, 3.63) is 0 Å². The summed E-state index contributed by atoms with van der Waals surface area (Å²) in [5.74, 6) is 12.1. The average Bonchev–Trinajstić information content (AvgIpc) is 2.26. The molecule has 0 aromatic rings. The molecule has 0 nitrogen and oxygen atoms in total. The van der Waals surface area contributed by atoms with Crippen molar-refractivity contribution >= 4 is 0 Å². The Balaban J connectivity index is 3.28. The van der Waals surface area contributed by atoms with E-state index in [4.69, 9.17) is 0 Å². The lowest BCUT2D eigenvalue weighted by Crippen LogP contribution is -1.73. The quantitative estimate of drug-likeness (QED) is 0.422. The summed E-state index contributed by atoms with van der Waals surface area (Å²) in [4.78, 5) is 0. The van der Waals surface area contributed by atoms with Gasteiger partial charge in [-0.25, -0.2) is 0 Å². The van der Waals surface area contributed by atoms with E-state index < -0.39 is 0 Å². The Morgan fingerprint density at radius 3 is 1.60 bits per heavy atom. The molecule has 0 aliphatic heterocycles. The van der Waals surface area contributed by atoms with Gasteiger partial charge < -0.3 is 0 Å². The van der Waals surface area contributed by atoms with Crippen molar-refractivity contribution in [2.24, 2.45) is 0 Å². The van der Waals surface area contributed by atoms with Crippen molar-refractivity contribution in [2.45, 2.75) is 71.6 Å². The standard InChI is InChI=1S/C15H24/c1-3-5-7-9-11-13-15-14-12-10-8-6-4-2/h3-11H2,1-2H3. The highest BCUT2D eigenvalue weighted by Crippen LogP contribution is 2.00. The lowest BCUT2D eigenvalue weighted by atomic mass is 10.2. The van der Waals surface area contributed by atoms with Crippen molar-refractivity contribution in [1.29, 1.82) is 0 Å². The fourth-order valence-corrected chi connectivity index (χ4v) is 1.32. The van der Waals surface area contributed by atoms with Crippen LogP contribution < -0.4 is 0 Å². The molecule has 0 aliphatic rings. The lowest BCUT2D eigenvalue weighted by molar-refractivity contribution is 0.680. The third-order valence-electron chi connectivity index (χ3n) is 2.30. The monoisotopic (exact) mass is 204 g/mol. The molecular weight excluding hydrogens is 180 g/mol. The van der Waals surface area contributed by atoms with Crippen LogP contribution >= 0.6 is 0 Å². The summed E-state index contributed by atoms with van der Waals surface area (Å²) < 4.78 is 0. The molecule has 0 rings (SSSR count). The molecule has 0 radical (unpaired) electrons. The minimum Gasteiger partial charge on any atom is -0.0891 e. The highest BCUT2D eigenvalue weighted by atomic mass is 13.9. The van der Waals surface area contributed by atoms with E-state index in [0.29, 0.717) is 0 Å². The minimum absolute atomic E-state index is 1.01. The van der Waals surface area contributed by atoms with Gasteiger partial charge in [0.05, 0.1) is 0 Å². The maximum Gasteiger partial charge on any atom is 0.00989 e. The van der Waals surface area contributed by atoms with Crippen molar-refractivity contribution in [3.8, 4) is 23.7 Å². The van der Waals surface area contributed by atoms with Gasteiger partial charge in [-0.3, -0.25) is 0 Å². The third-order valence-corrected chi connectivity index (χ3v) is 2.30. The maximum absolute atomic E-state index is 3.11. The van der Waals surface area contributed by atoms with Gasteiger partial charge >= 0.3 is 0 Å². The van der Waals surface area contributed by atoms with Crippen LogP contribution in [0.15, 0.2) is 0 Å². The molecular formula is C15H24. The average molecular weight is 204 g/mol. The Bertz CT molecular complexity index is 228. The van der Waals surface area contributed by atoms with Gasteiger partial charge in [-0.15, -0.1) is 0 Å². The summed E-state index contributed by atoms with van der Waals surface area (Å²) in [7, 11) is 0. The second-order valence-electron chi connectivity index (χ2n) is 3.87. The molecule has 15 heavy (non-hydrogen) atoms. The van der Waals surface area contributed by atoms with Crippen LogP contribution in [0, 0.1) is 23.7 Å². The predicted octanol–water partition coefficient (Wildman–Crippen LogP) is 4.54. The zero-order chi connectivity index (χ0) is 11.2. The SMILES string of the molecule is CCCCCC#CC#CCCCCCC. The highest BCUT2D eigenvalue weighted by molar-refractivity contribution is 5.25. The number of unbranched alkanes of at least 4 members (excludes halogenated alkanes) is 7. The fourth-order valence-electron chi connectivity index (χ4n) is 1.32. The van der Waals surface area contributed by atoms with Crippen LogP contribution in [-0.2, 0) is 0 Å². The normalized spacial score (nSPS) is 8.67. The Hall–Kier alpha value is -0.880. The number of hydrogen-bond acceptors (Lipinski definition) is 0. The van der Waals surface area contributed by atoms with Gasteiger partial charge in [0.1, 0.15) is 0 Å². The van der Waals surface area contributed by atoms with Crippen LogP contribution in [0.1, 0.15) is 71.6 Å². The van der Waals surface area contributed by atoms with E-state index in [1.165, 1.54) is 44.9 Å². The molecule has 0 saturated carbocycles. The lowest BCUT2D eigenvalue weighted by Gasteiger charge is -1.90. The van der Waals surface area contributed by atoms with E-state index in [1.807, 2.05) is 0 Å². The first-order chi connectivity index (χ1) is 7.41. The topological polar surface area (TPSA) is 0 Å². The van der Waals surface area contributed by atoms with E-state index in [1.54, 1.807) is 0 Å². The van der Waals surface area contributed by atoms with Crippen LogP contribution in [0.5, 0.6) is 0 Å². The molecule has 0 atom stereocenters. The molecule has 0 heteroatoms. The zero-order valence-corrected chi connectivity index (χ0v) is 10.4. The second-order valence-corrected chi connectivity index (χ2v) is 3.87. The Morgan fingerprint density at radius 2 is 1.07 bits per heavy atom. The Morgan fingerprint density at radius 1 is 0.600 bits per heavy atom. The predicted molar refractivity (Wildman–Crippen MR) is 68.5 cm³/mol. The molecule has 0 aromatic carbocycles. The van der Waals surface area contributed by atoms with Gasteiger partial charge in [0.2, 0.25) is 0 Å². The van der Waals surface area contributed by atoms with Gasteiger partial charge in [-0.1, -0.05) is 57.8 Å². The molecule has 0 saturated heterocycles. The zero-order valence-electron chi connectivity index (χ0n) is 10.4. The molecule has 0 bridgehead atoms. The minimum atomic E-state index is 1.01. The largest absolute Gasteiger partial charge is 0.0891 e. The fraction of sp³-hybridized carbons (Fsp3) is 0.733. The second kappa shape index (κ2) is 13.1. The molecule has 0 aliphatic carbocycles. The Labute approximate surface area is 95.8 Å². The van der Waals surface area contributed by atoms with E-state index in [0.717, 1.165) is 12.8 Å². The number of rotatable bonds is 7. The Kier molecular flexibility index (Phi) is 12.4. The van der Waals surface area contributed by atoms with Gasteiger partial charge in [-0.05, 0) is 24.7 Å². The van der Waals surface area contributed by atoms with Crippen LogP contribution in [0.25, 0.3) is 0 Å².